The molecule has 0 saturated heterocycles. The minimum atomic E-state index is -0.114. The van der Waals surface area contributed by atoms with E-state index in [2.05, 4.69) is 95.4 Å². The second kappa shape index (κ2) is 22.5. The van der Waals surface area contributed by atoms with Gasteiger partial charge in [-0.2, -0.15) is 0 Å². The van der Waals surface area contributed by atoms with Crippen LogP contribution in [0, 0.1) is 24.2 Å². The van der Waals surface area contributed by atoms with Gasteiger partial charge in [-0.1, -0.05) is 109 Å². The largest absolute Gasteiger partial charge is 0.377 e. The lowest BCUT2D eigenvalue weighted by molar-refractivity contribution is 0.158. The molecule has 1 aliphatic carbocycles. The van der Waals surface area contributed by atoms with Gasteiger partial charge in [-0.05, 0) is 61.3 Å². The van der Waals surface area contributed by atoms with Crippen molar-refractivity contribution in [3.63, 3.8) is 0 Å². The van der Waals surface area contributed by atoms with Gasteiger partial charge in [-0.25, -0.2) is 0 Å². The minimum Gasteiger partial charge on any atom is -0.377 e. The Morgan fingerprint density at radius 3 is 2.22 bits per heavy atom. The first kappa shape index (κ1) is 38.9. The molecule has 37 heavy (non-hydrogen) atoms. The Balaban J connectivity index is -0.00000131. The van der Waals surface area contributed by atoms with Crippen molar-refractivity contribution < 1.29 is 0 Å². The van der Waals surface area contributed by atoms with Crippen LogP contribution in [0.15, 0.2) is 80.5 Å². The Morgan fingerprint density at radius 2 is 1.78 bits per heavy atom. The molecule has 1 aromatic carbocycles. The summed E-state index contributed by atoms with van der Waals surface area (Å²) in [6.45, 7) is 24.3. The van der Waals surface area contributed by atoms with E-state index in [-0.39, 0.29) is 12.7 Å². The Hall–Kier alpha value is -2.66. The highest BCUT2D eigenvalue weighted by Gasteiger charge is 2.42. The average molecular weight is 502 g/mol. The number of terminal acetylenes is 1. The molecule has 1 atom stereocenters. The fraction of sp³-hybridized carbons (Fsp3) is 0.486. The molecule has 1 fully saturated rings. The lowest BCUT2D eigenvalue weighted by Gasteiger charge is -2.49. The van der Waals surface area contributed by atoms with Crippen LogP contribution in [0.25, 0.3) is 0 Å². The van der Waals surface area contributed by atoms with E-state index in [0.29, 0.717) is 11.8 Å². The smallest absolute Gasteiger partial charge is 0.0751 e. The number of nitrogens with zero attached hydrogens (tertiary/aromatic N) is 1. The van der Waals surface area contributed by atoms with Crippen LogP contribution >= 0.6 is 0 Å². The third-order valence-electron chi connectivity index (χ3n) is 6.05. The van der Waals surface area contributed by atoms with Crippen LogP contribution < -0.4 is 4.90 Å². The normalized spacial score (nSPS) is 18.4. The van der Waals surface area contributed by atoms with Crippen molar-refractivity contribution in [3.05, 3.63) is 91.6 Å². The number of hydrogen-bond donors (Lipinski definition) is 0. The number of aryl methyl sites for hydroxylation is 1. The van der Waals surface area contributed by atoms with Gasteiger partial charge in [-0.3, -0.25) is 0 Å². The number of hydrogen-bond acceptors (Lipinski definition) is 1. The van der Waals surface area contributed by atoms with E-state index in [1.807, 2.05) is 39.0 Å². The van der Waals surface area contributed by atoms with E-state index in [4.69, 9.17) is 14.3 Å². The van der Waals surface area contributed by atoms with Crippen molar-refractivity contribution in [2.45, 2.75) is 85.9 Å². The van der Waals surface area contributed by atoms with Crippen molar-refractivity contribution in [1.29, 1.82) is 0 Å². The van der Waals surface area contributed by atoms with Gasteiger partial charge in [0.2, 0.25) is 0 Å². The third-order valence-corrected chi connectivity index (χ3v) is 6.05. The second-order valence-corrected chi connectivity index (χ2v) is 9.21. The molecular weight excluding hydrogens is 445 g/mol. The standard InChI is InChI=1S/C27H34BN.C3H8.C2H6.C2H4.CH4/c1-7-11-12-22(9-3)18-27(28)19-25(20-27)23(10-4)15-16-24-14-13-21(8-2)17-26(24)29(5)6;1-3-2;2*1-2;/h2,7,9-14,17,23,25H,3-4,15-16,18-20H2,1,5-6H3;3H2,1-2H3;1-2H3;1-2H2;1H4/b11-7-,22-12+;;;;. The van der Waals surface area contributed by atoms with Crippen molar-refractivity contribution >= 4 is 13.5 Å². The molecule has 0 N–H and O–H groups in total. The number of rotatable bonds is 10. The summed E-state index contributed by atoms with van der Waals surface area (Å²) in [5.41, 5.74) is 4.68. The topological polar surface area (TPSA) is 3.24 Å². The van der Waals surface area contributed by atoms with Crippen LogP contribution in [0.3, 0.4) is 0 Å². The van der Waals surface area contributed by atoms with Gasteiger partial charge in [0.25, 0.3) is 0 Å². The molecule has 2 radical (unpaired) electrons. The Bertz CT molecular complexity index is 847. The van der Waals surface area contributed by atoms with Crippen LogP contribution in [-0.4, -0.2) is 21.9 Å². The Labute approximate surface area is 233 Å². The maximum absolute atomic E-state index is 6.66. The molecule has 0 aliphatic heterocycles. The molecule has 0 heterocycles. The van der Waals surface area contributed by atoms with E-state index in [1.54, 1.807) is 0 Å². The monoisotopic (exact) mass is 501 g/mol. The highest BCUT2D eigenvalue weighted by molar-refractivity contribution is 6.16. The maximum atomic E-state index is 6.66. The number of anilines is 1. The lowest BCUT2D eigenvalue weighted by Crippen LogP contribution is -2.36. The molecule has 204 valence electrons. The van der Waals surface area contributed by atoms with Crippen molar-refractivity contribution in [1.82, 2.24) is 0 Å². The van der Waals surface area contributed by atoms with Gasteiger partial charge < -0.3 is 4.90 Å². The SMILES string of the molecule is C.C=C.CC.CCC.[B]C1(C/C(C=C)=C/C=C\C)CC(C(C=C)CCc2ccc(C#C)cc2N(C)C)C1. The zero-order valence-electron chi connectivity index (χ0n) is 24.4. The molecule has 2 heteroatoms. The molecule has 1 aliphatic rings. The van der Waals surface area contributed by atoms with Crippen LogP contribution in [0.2, 0.25) is 5.31 Å². The van der Waals surface area contributed by atoms with Gasteiger partial charge >= 0.3 is 0 Å². The minimum absolute atomic E-state index is 0. The highest BCUT2D eigenvalue weighted by Crippen LogP contribution is 2.57. The fourth-order valence-electron chi connectivity index (χ4n) is 4.41. The fourth-order valence-corrected chi connectivity index (χ4v) is 4.41. The predicted octanol–water partition coefficient (Wildman–Crippen LogP) is 10.2. The summed E-state index contributed by atoms with van der Waals surface area (Å²) in [5.74, 6) is 3.83. The van der Waals surface area contributed by atoms with Crippen LogP contribution in [0.4, 0.5) is 5.69 Å². The molecule has 0 amide bonds. The third kappa shape index (κ3) is 14.0. The zero-order valence-corrected chi connectivity index (χ0v) is 24.4. The second-order valence-electron chi connectivity index (χ2n) is 9.21. The summed E-state index contributed by atoms with van der Waals surface area (Å²) in [6.07, 6.45) is 22.1. The number of allylic oxidation sites excluding steroid dienone is 6. The first-order valence-corrected chi connectivity index (χ1v) is 13.4. The molecule has 0 aromatic heterocycles. The van der Waals surface area contributed by atoms with Gasteiger partial charge in [0.1, 0.15) is 0 Å². The van der Waals surface area contributed by atoms with Gasteiger partial charge in [0.15, 0.2) is 0 Å². The summed E-state index contributed by atoms with van der Waals surface area (Å²) >= 11 is 0. The van der Waals surface area contributed by atoms with Crippen LogP contribution in [0.1, 0.15) is 85.3 Å². The van der Waals surface area contributed by atoms with E-state index in [9.17, 15) is 0 Å². The predicted molar refractivity (Wildman–Crippen MR) is 175 cm³/mol. The molecule has 1 saturated carbocycles. The molecule has 1 unspecified atom stereocenters. The van der Waals surface area contributed by atoms with Crippen molar-refractivity contribution in [2.24, 2.45) is 11.8 Å². The molecule has 2 rings (SSSR count). The van der Waals surface area contributed by atoms with E-state index >= 15 is 0 Å². The summed E-state index contributed by atoms with van der Waals surface area (Å²) < 4.78 is 0. The number of benzene rings is 1. The molecule has 0 bridgehead atoms. The average Bonchev–Trinajstić information content (AvgIpc) is 2.88. The zero-order chi connectivity index (χ0) is 28.1. The maximum Gasteiger partial charge on any atom is 0.0751 e. The molecule has 0 spiro atoms. The van der Waals surface area contributed by atoms with Crippen molar-refractivity contribution in [2.75, 3.05) is 19.0 Å². The van der Waals surface area contributed by atoms with Gasteiger partial charge in [0.05, 0.1) is 7.85 Å². The molecule has 1 nitrogen and oxygen atoms in total. The molecular formula is C35H56BN. The van der Waals surface area contributed by atoms with Crippen molar-refractivity contribution in [3.8, 4) is 12.3 Å². The highest BCUT2D eigenvalue weighted by atomic mass is 15.1. The summed E-state index contributed by atoms with van der Waals surface area (Å²) in [4.78, 5) is 2.14. The summed E-state index contributed by atoms with van der Waals surface area (Å²) in [5, 5.41) is -0.114. The Kier molecular flexibility index (Phi) is 23.7. The van der Waals surface area contributed by atoms with Gasteiger partial charge in [-0.15, -0.1) is 26.2 Å². The quantitative estimate of drug-likeness (QED) is 0.133. The van der Waals surface area contributed by atoms with Crippen LogP contribution in [-0.2, 0) is 6.42 Å². The lowest BCUT2D eigenvalue weighted by atomic mass is 9.46. The van der Waals surface area contributed by atoms with E-state index in [0.717, 1.165) is 37.7 Å². The first-order chi connectivity index (χ1) is 17.3. The summed E-state index contributed by atoms with van der Waals surface area (Å²) in [7, 11) is 10.8. The molecule has 1 aromatic rings. The van der Waals surface area contributed by atoms with E-state index < -0.39 is 0 Å². The first-order valence-electron chi connectivity index (χ1n) is 13.4. The Morgan fingerprint density at radius 1 is 1.22 bits per heavy atom. The summed E-state index contributed by atoms with van der Waals surface area (Å²) in [6, 6.07) is 6.30. The van der Waals surface area contributed by atoms with Gasteiger partial charge in [0, 0.05) is 25.3 Å². The van der Waals surface area contributed by atoms with E-state index in [1.165, 1.54) is 23.2 Å². The van der Waals surface area contributed by atoms with Crippen LogP contribution in [0.5, 0.6) is 0 Å².